The Bertz CT molecular complexity index is 264. The van der Waals surface area contributed by atoms with Crippen molar-refractivity contribution >= 4 is 17.3 Å². The van der Waals surface area contributed by atoms with Crippen molar-refractivity contribution in [1.82, 2.24) is 0 Å². The number of benzene rings is 1. The van der Waals surface area contributed by atoms with Crippen molar-refractivity contribution in [3.63, 3.8) is 0 Å². The SMILES string of the molecule is O=Nc1cc(Cl)ccc1F. The molecule has 0 heterocycles. The molecule has 0 atom stereocenters. The largest absolute Gasteiger partial charge is 0.204 e. The Morgan fingerprint density at radius 2 is 2.20 bits per heavy atom. The third-order valence-electron chi connectivity index (χ3n) is 1.01. The van der Waals surface area contributed by atoms with Gasteiger partial charge in [-0.3, -0.25) is 0 Å². The number of nitroso groups, excluding NO2 is 1. The van der Waals surface area contributed by atoms with Crippen LogP contribution < -0.4 is 0 Å². The summed E-state index contributed by atoms with van der Waals surface area (Å²) in [5, 5.41) is 2.72. The van der Waals surface area contributed by atoms with Gasteiger partial charge >= 0.3 is 0 Å². The lowest BCUT2D eigenvalue weighted by Crippen LogP contribution is -1.72. The molecule has 0 aromatic heterocycles. The van der Waals surface area contributed by atoms with Crippen LogP contribution in [0, 0.1) is 10.7 Å². The topological polar surface area (TPSA) is 29.4 Å². The summed E-state index contributed by atoms with van der Waals surface area (Å²) in [7, 11) is 0. The Morgan fingerprint density at radius 3 is 2.70 bits per heavy atom. The maximum atomic E-state index is 12.4. The molecule has 0 saturated carbocycles. The van der Waals surface area contributed by atoms with E-state index < -0.39 is 5.82 Å². The zero-order valence-electron chi connectivity index (χ0n) is 4.84. The lowest BCUT2D eigenvalue weighted by molar-refractivity contribution is 0.630. The number of hydrogen-bond donors (Lipinski definition) is 0. The van der Waals surface area contributed by atoms with E-state index in [1.165, 1.54) is 12.1 Å². The van der Waals surface area contributed by atoms with Crippen LogP contribution >= 0.6 is 11.6 Å². The van der Waals surface area contributed by atoms with Gasteiger partial charge in [0.1, 0.15) is 5.69 Å². The average Bonchev–Trinajstić information content (AvgIpc) is 1.94. The summed E-state index contributed by atoms with van der Waals surface area (Å²) in [6, 6.07) is 3.62. The Morgan fingerprint density at radius 1 is 1.50 bits per heavy atom. The quantitative estimate of drug-likeness (QED) is 0.580. The van der Waals surface area contributed by atoms with Gasteiger partial charge in [0.25, 0.3) is 0 Å². The second-order valence-electron chi connectivity index (χ2n) is 1.69. The zero-order valence-corrected chi connectivity index (χ0v) is 5.60. The van der Waals surface area contributed by atoms with Gasteiger partial charge in [-0.15, -0.1) is 4.91 Å². The van der Waals surface area contributed by atoms with Gasteiger partial charge in [-0.1, -0.05) is 11.6 Å². The van der Waals surface area contributed by atoms with Gasteiger partial charge in [-0.25, -0.2) is 4.39 Å². The summed E-state index contributed by atoms with van der Waals surface area (Å²) in [4.78, 5) is 9.83. The molecular weight excluding hydrogens is 157 g/mol. The molecule has 0 aliphatic rings. The first-order chi connectivity index (χ1) is 4.74. The third kappa shape index (κ3) is 1.30. The van der Waals surface area contributed by atoms with Gasteiger partial charge in [0.15, 0.2) is 5.82 Å². The van der Waals surface area contributed by atoms with E-state index in [1.807, 2.05) is 0 Å². The molecule has 1 rings (SSSR count). The van der Waals surface area contributed by atoms with E-state index >= 15 is 0 Å². The second-order valence-corrected chi connectivity index (χ2v) is 2.12. The van der Waals surface area contributed by atoms with Crippen LogP contribution in [0.5, 0.6) is 0 Å². The highest BCUT2D eigenvalue weighted by atomic mass is 35.5. The number of hydrogen-bond acceptors (Lipinski definition) is 2. The van der Waals surface area contributed by atoms with Crippen molar-refractivity contribution in [2.24, 2.45) is 5.18 Å². The highest BCUT2D eigenvalue weighted by molar-refractivity contribution is 6.30. The molecule has 0 saturated heterocycles. The highest BCUT2D eigenvalue weighted by Crippen LogP contribution is 2.21. The van der Waals surface area contributed by atoms with Crippen molar-refractivity contribution < 1.29 is 4.39 Å². The fraction of sp³-hybridized carbons (Fsp3) is 0. The molecule has 0 bridgehead atoms. The average molecular weight is 160 g/mol. The Balaban J connectivity index is 3.21. The summed E-state index contributed by atoms with van der Waals surface area (Å²) < 4.78 is 12.4. The van der Waals surface area contributed by atoms with E-state index in [4.69, 9.17) is 11.6 Å². The molecule has 0 spiro atoms. The molecule has 0 aliphatic heterocycles. The van der Waals surface area contributed by atoms with Crippen molar-refractivity contribution in [1.29, 1.82) is 0 Å². The molecule has 2 nitrogen and oxygen atoms in total. The fourth-order valence-electron chi connectivity index (χ4n) is 0.556. The zero-order chi connectivity index (χ0) is 7.56. The maximum Gasteiger partial charge on any atom is 0.152 e. The van der Waals surface area contributed by atoms with Gasteiger partial charge in [-0.2, -0.15) is 0 Å². The van der Waals surface area contributed by atoms with Crippen LogP contribution in [-0.4, -0.2) is 0 Å². The number of rotatable bonds is 1. The van der Waals surface area contributed by atoms with Crippen molar-refractivity contribution in [3.05, 3.63) is 33.9 Å². The van der Waals surface area contributed by atoms with Gasteiger partial charge < -0.3 is 0 Å². The summed E-state index contributed by atoms with van der Waals surface area (Å²) in [5.41, 5.74) is -0.257. The standard InChI is InChI=1S/C6H3ClFNO/c7-4-1-2-5(8)6(3-4)9-10/h1-3H. The maximum absolute atomic E-state index is 12.4. The Kier molecular flexibility index (Phi) is 1.97. The van der Waals surface area contributed by atoms with Gasteiger partial charge in [0.2, 0.25) is 0 Å². The summed E-state index contributed by atoms with van der Waals surface area (Å²) >= 11 is 5.43. The van der Waals surface area contributed by atoms with Crippen LogP contribution in [0.1, 0.15) is 0 Å². The normalized spacial score (nSPS) is 9.40. The van der Waals surface area contributed by atoms with E-state index in [9.17, 15) is 9.30 Å². The second kappa shape index (κ2) is 2.75. The van der Waals surface area contributed by atoms with E-state index in [1.54, 1.807) is 0 Å². The molecule has 0 unspecified atom stereocenters. The minimum Gasteiger partial charge on any atom is -0.204 e. The van der Waals surface area contributed by atoms with E-state index in [2.05, 4.69) is 5.18 Å². The molecular formula is C6H3ClFNO. The van der Waals surface area contributed by atoms with Gasteiger partial charge in [-0.05, 0) is 23.4 Å². The monoisotopic (exact) mass is 159 g/mol. The molecule has 0 N–H and O–H groups in total. The first-order valence-electron chi connectivity index (χ1n) is 2.52. The van der Waals surface area contributed by atoms with Crippen LogP contribution in [0.4, 0.5) is 10.1 Å². The molecule has 52 valence electrons. The van der Waals surface area contributed by atoms with Crippen LogP contribution in [-0.2, 0) is 0 Å². The Hall–Kier alpha value is -0.960. The summed E-state index contributed by atoms with van der Waals surface area (Å²) in [6.07, 6.45) is 0. The molecule has 0 fully saturated rings. The molecule has 1 aromatic carbocycles. The van der Waals surface area contributed by atoms with Crippen LogP contribution in [0.3, 0.4) is 0 Å². The van der Waals surface area contributed by atoms with Crippen LogP contribution in [0.25, 0.3) is 0 Å². The van der Waals surface area contributed by atoms with Crippen LogP contribution in [0.15, 0.2) is 23.4 Å². The smallest absolute Gasteiger partial charge is 0.152 e. The van der Waals surface area contributed by atoms with E-state index in [0.717, 1.165) is 6.07 Å². The predicted octanol–water partition coefficient (Wildman–Crippen LogP) is 2.88. The third-order valence-corrected chi connectivity index (χ3v) is 1.24. The van der Waals surface area contributed by atoms with Crippen molar-refractivity contribution in [2.45, 2.75) is 0 Å². The van der Waals surface area contributed by atoms with Crippen molar-refractivity contribution in [2.75, 3.05) is 0 Å². The van der Waals surface area contributed by atoms with Crippen LogP contribution in [0.2, 0.25) is 5.02 Å². The Labute approximate surface area is 61.6 Å². The first kappa shape index (κ1) is 7.15. The lowest BCUT2D eigenvalue weighted by Gasteiger charge is -1.91. The minimum absolute atomic E-state index is 0.257. The molecule has 0 aliphatic carbocycles. The molecule has 4 heteroatoms. The van der Waals surface area contributed by atoms with E-state index in [0.29, 0.717) is 5.02 Å². The van der Waals surface area contributed by atoms with Gasteiger partial charge in [0, 0.05) is 5.02 Å². The fourth-order valence-corrected chi connectivity index (χ4v) is 0.722. The minimum atomic E-state index is -0.653. The lowest BCUT2D eigenvalue weighted by atomic mass is 10.3. The summed E-state index contributed by atoms with van der Waals surface area (Å²) in [6.45, 7) is 0. The molecule has 0 radical (unpaired) electrons. The van der Waals surface area contributed by atoms with Gasteiger partial charge in [0.05, 0.1) is 0 Å². The number of nitrogens with zero attached hydrogens (tertiary/aromatic N) is 1. The highest BCUT2D eigenvalue weighted by Gasteiger charge is 2.00. The predicted molar refractivity (Wildman–Crippen MR) is 36.9 cm³/mol. The molecule has 0 amide bonds. The molecule has 1 aromatic rings. The summed E-state index contributed by atoms with van der Waals surface area (Å²) in [5.74, 6) is -0.653. The first-order valence-corrected chi connectivity index (χ1v) is 2.90. The number of halogens is 2. The molecule has 10 heavy (non-hydrogen) atoms. The van der Waals surface area contributed by atoms with E-state index in [-0.39, 0.29) is 5.69 Å². The van der Waals surface area contributed by atoms with Crippen molar-refractivity contribution in [3.8, 4) is 0 Å².